The van der Waals surface area contributed by atoms with E-state index in [1.165, 1.54) is 27.0 Å². The average molecular weight is 536 g/mol. The molecule has 2 unspecified atom stereocenters. The summed E-state index contributed by atoms with van der Waals surface area (Å²) >= 11 is 2.60. The molecular formula is C24H29N3O5S3. The van der Waals surface area contributed by atoms with E-state index in [4.69, 9.17) is 14.5 Å². The van der Waals surface area contributed by atoms with E-state index in [9.17, 15) is 13.2 Å². The lowest BCUT2D eigenvalue weighted by Gasteiger charge is -2.36. The number of carbonyl (C=O) groups excluding carboxylic acids is 1. The predicted molar refractivity (Wildman–Crippen MR) is 138 cm³/mol. The standard InChI is InChI=1S/C24H29N3O5S3/c1-2-31-17-10-11-19-21(15-17)34-24(25-19)26(16-18-7-5-13-32-18)23(28)20-8-3-4-12-27(20)35(29,30)22-9-6-14-33-22/h6,9-11,14-15,18,20H,2-5,7-8,12-13,16H2,1H3. The molecule has 2 aliphatic rings. The van der Waals surface area contributed by atoms with E-state index in [2.05, 4.69) is 0 Å². The first-order valence-corrected chi connectivity index (χ1v) is 15.1. The number of hydrogen-bond donors (Lipinski definition) is 0. The molecule has 11 heteroatoms. The van der Waals surface area contributed by atoms with Gasteiger partial charge in [0.1, 0.15) is 16.0 Å². The maximum atomic E-state index is 14.1. The lowest BCUT2D eigenvalue weighted by Crippen LogP contribution is -2.54. The molecule has 35 heavy (non-hydrogen) atoms. The SMILES string of the molecule is CCOc1ccc2nc(N(CC3CCCO3)C(=O)C3CCCCN3S(=O)(=O)c3cccs3)sc2c1. The van der Waals surface area contributed by atoms with Crippen LogP contribution in [-0.2, 0) is 19.6 Å². The summed E-state index contributed by atoms with van der Waals surface area (Å²) in [5.74, 6) is 0.525. The minimum Gasteiger partial charge on any atom is -0.494 e. The van der Waals surface area contributed by atoms with Crippen LogP contribution in [0.2, 0.25) is 0 Å². The highest BCUT2D eigenvalue weighted by Crippen LogP contribution is 2.35. The maximum Gasteiger partial charge on any atom is 0.253 e. The van der Waals surface area contributed by atoms with Crippen LogP contribution in [0.1, 0.15) is 39.0 Å². The number of rotatable bonds is 8. The van der Waals surface area contributed by atoms with Crippen LogP contribution < -0.4 is 9.64 Å². The molecule has 0 radical (unpaired) electrons. The first-order valence-electron chi connectivity index (χ1n) is 12.0. The van der Waals surface area contributed by atoms with Crippen LogP contribution in [0.3, 0.4) is 0 Å². The van der Waals surface area contributed by atoms with Gasteiger partial charge in [0.2, 0.25) is 5.91 Å². The predicted octanol–water partition coefficient (Wildman–Crippen LogP) is 4.51. The summed E-state index contributed by atoms with van der Waals surface area (Å²) in [4.78, 5) is 20.5. The first-order chi connectivity index (χ1) is 17.0. The number of aromatic nitrogens is 1. The van der Waals surface area contributed by atoms with Gasteiger partial charge < -0.3 is 9.47 Å². The van der Waals surface area contributed by atoms with Gasteiger partial charge >= 0.3 is 0 Å². The Hall–Kier alpha value is -2.05. The second kappa shape index (κ2) is 10.5. The van der Waals surface area contributed by atoms with Crippen LogP contribution in [0.25, 0.3) is 10.2 Å². The summed E-state index contributed by atoms with van der Waals surface area (Å²) in [6.07, 6.45) is 3.76. The van der Waals surface area contributed by atoms with Gasteiger partial charge in [-0.3, -0.25) is 9.69 Å². The highest BCUT2D eigenvalue weighted by atomic mass is 32.2. The zero-order valence-corrected chi connectivity index (χ0v) is 22.0. The zero-order valence-electron chi connectivity index (χ0n) is 19.6. The third-order valence-corrected chi connectivity index (χ3v) is 10.7. The Bertz CT molecular complexity index is 1270. The number of fused-ring (bicyclic) bond motifs is 1. The van der Waals surface area contributed by atoms with Crippen molar-refractivity contribution in [3.8, 4) is 5.75 Å². The van der Waals surface area contributed by atoms with Gasteiger partial charge in [0, 0.05) is 13.2 Å². The fourth-order valence-electron chi connectivity index (χ4n) is 4.66. The minimum atomic E-state index is -3.75. The van der Waals surface area contributed by atoms with E-state index in [-0.39, 0.29) is 16.2 Å². The number of piperidine rings is 1. The van der Waals surface area contributed by atoms with Crippen molar-refractivity contribution in [3.63, 3.8) is 0 Å². The number of carbonyl (C=O) groups is 1. The summed E-state index contributed by atoms with van der Waals surface area (Å²) in [5.41, 5.74) is 0.783. The number of thiazole rings is 1. The van der Waals surface area contributed by atoms with Gasteiger partial charge in [0.15, 0.2) is 5.13 Å². The molecule has 2 fully saturated rings. The highest BCUT2D eigenvalue weighted by molar-refractivity contribution is 7.91. The average Bonchev–Trinajstić information content (AvgIpc) is 3.64. The topological polar surface area (TPSA) is 89.0 Å². The van der Waals surface area contributed by atoms with Crippen molar-refractivity contribution in [3.05, 3.63) is 35.7 Å². The Labute approximate surface area is 213 Å². The van der Waals surface area contributed by atoms with Crippen LogP contribution in [0.4, 0.5) is 5.13 Å². The number of ether oxygens (including phenoxy) is 2. The first kappa shape index (κ1) is 24.6. The summed E-state index contributed by atoms with van der Waals surface area (Å²) in [6.45, 7) is 3.87. The molecular weight excluding hydrogens is 506 g/mol. The maximum absolute atomic E-state index is 14.1. The van der Waals surface area contributed by atoms with Gasteiger partial charge in [-0.15, -0.1) is 11.3 Å². The third-order valence-electron chi connectivity index (χ3n) is 6.36. The Kier molecular flexibility index (Phi) is 7.40. The molecule has 0 aliphatic carbocycles. The van der Waals surface area contributed by atoms with Crippen molar-refractivity contribution in [2.45, 2.75) is 55.4 Å². The van der Waals surface area contributed by atoms with E-state index in [0.29, 0.717) is 37.9 Å². The van der Waals surface area contributed by atoms with Crippen molar-refractivity contribution in [2.24, 2.45) is 0 Å². The number of hydrogen-bond acceptors (Lipinski definition) is 8. The monoisotopic (exact) mass is 535 g/mol. The molecule has 5 rings (SSSR count). The molecule has 0 saturated carbocycles. The normalized spacial score (nSPS) is 21.4. The van der Waals surface area contributed by atoms with E-state index < -0.39 is 16.1 Å². The fraction of sp³-hybridized carbons (Fsp3) is 0.500. The van der Waals surface area contributed by atoms with Crippen LogP contribution in [0.5, 0.6) is 5.75 Å². The minimum absolute atomic E-state index is 0.0871. The highest BCUT2D eigenvalue weighted by Gasteiger charge is 2.41. The van der Waals surface area contributed by atoms with Crippen LogP contribution in [0, 0.1) is 0 Å². The molecule has 2 atom stereocenters. The Morgan fingerprint density at radius 2 is 2.14 bits per heavy atom. The van der Waals surface area contributed by atoms with Crippen molar-refractivity contribution in [1.29, 1.82) is 0 Å². The molecule has 4 heterocycles. The lowest BCUT2D eigenvalue weighted by molar-refractivity contribution is -0.123. The number of sulfonamides is 1. The van der Waals surface area contributed by atoms with Gasteiger partial charge in [-0.05, 0) is 62.3 Å². The van der Waals surface area contributed by atoms with E-state index >= 15 is 0 Å². The van der Waals surface area contributed by atoms with Gasteiger partial charge in [-0.2, -0.15) is 4.31 Å². The van der Waals surface area contributed by atoms with Gasteiger partial charge in [0.05, 0.1) is 29.5 Å². The molecule has 3 aromatic rings. The molecule has 8 nitrogen and oxygen atoms in total. The smallest absolute Gasteiger partial charge is 0.253 e. The van der Waals surface area contributed by atoms with Crippen molar-refractivity contribution in [2.75, 3.05) is 31.2 Å². The largest absolute Gasteiger partial charge is 0.494 e. The Balaban J connectivity index is 1.49. The number of amides is 1. The van der Waals surface area contributed by atoms with Gasteiger partial charge in [-0.1, -0.05) is 23.8 Å². The van der Waals surface area contributed by atoms with E-state index in [1.807, 2.05) is 25.1 Å². The van der Waals surface area contributed by atoms with Crippen molar-refractivity contribution in [1.82, 2.24) is 9.29 Å². The Morgan fingerprint density at radius 3 is 2.89 bits per heavy atom. The van der Waals surface area contributed by atoms with E-state index in [0.717, 1.165) is 41.6 Å². The van der Waals surface area contributed by atoms with E-state index in [1.54, 1.807) is 22.4 Å². The van der Waals surface area contributed by atoms with Gasteiger partial charge in [-0.25, -0.2) is 13.4 Å². The fourth-order valence-corrected chi connectivity index (χ4v) is 8.44. The van der Waals surface area contributed by atoms with Crippen LogP contribution in [-0.4, -0.2) is 62.1 Å². The molecule has 2 aliphatic heterocycles. The Morgan fingerprint density at radius 1 is 1.26 bits per heavy atom. The van der Waals surface area contributed by atoms with Crippen LogP contribution >= 0.6 is 22.7 Å². The quantitative estimate of drug-likeness (QED) is 0.422. The van der Waals surface area contributed by atoms with Crippen molar-refractivity contribution >= 4 is 54.0 Å². The number of benzene rings is 1. The van der Waals surface area contributed by atoms with Crippen molar-refractivity contribution < 1.29 is 22.7 Å². The number of nitrogens with zero attached hydrogens (tertiary/aromatic N) is 3. The number of thiophene rings is 1. The molecule has 0 N–H and O–H groups in total. The summed E-state index contributed by atoms with van der Waals surface area (Å²) in [6, 6.07) is 8.26. The molecule has 2 aromatic heterocycles. The summed E-state index contributed by atoms with van der Waals surface area (Å²) in [7, 11) is -3.75. The second-order valence-corrected chi connectivity index (χ2v) is 12.8. The molecule has 188 valence electrons. The molecule has 0 spiro atoms. The molecule has 2 saturated heterocycles. The third kappa shape index (κ3) is 5.10. The zero-order chi connectivity index (χ0) is 24.4. The molecule has 0 bridgehead atoms. The lowest BCUT2D eigenvalue weighted by atomic mass is 10.0. The molecule has 1 aromatic carbocycles. The summed E-state index contributed by atoms with van der Waals surface area (Å²) in [5, 5.41) is 2.31. The summed E-state index contributed by atoms with van der Waals surface area (Å²) < 4.78 is 40.9. The van der Waals surface area contributed by atoms with Crippen LogP contribution in [0.15, 0.2) is 39.9 Å². The number of anilines is 1. The molecule has 1 amide bonds. The second-order valence-electron chi connectivity index (χ2n) is 8.70. The van der Waals surface area contributed by atoms with Gasteiger partial charge in [0.25, 0.3) is 10.0 Å².